The van der Waals surface area contributed by atoms with Gasteiger partial charge in [0, 0.05) is 25.7 Å². The number of hydrogen-bond donors (Lipinski definition) is 1. The number of hydrogen-bond acceptors (Lipinski definition) is 7. The van der Waals surface area contributed by atoms with E-state index in [9.17, 15) is 4.79 Å². The summed E-state index contributed by atoms with van der Waals surface area (Å²) in [7, 11) is 4.77. The Bertz CT molecular complexity index is 1020. The number of cyclic esters (lactones) is 1. The molecule has 2 aliphatic rings. The van der Waals surface area contributed by atoms with Gasteiger partial charge in [0.15, 0.2) is 22.7 Å². The Hall–Kier alpha value is -3.40. The van der Waals surface area contributed by atoms with Crippen molar-refractivity contribution in [3.8, 4) is 23.0 Å². The molecular weight excluding hydrogens is 482 g/mol. The summed E-state index contributed by atoms with van der Waals surface area (Å²) in [5.74, 6) is 2.53. The molecule has 0 bridgehead atoms. The Morgan fingerprint density at radius 3 is 2.33 bits per heavy atom. The van der Waals surface area contributed by atoms with Crippen LogP contribution in [0, 0.1) is 0 Å². The van der Waals surface area contributed by atoms with E-state index in [2.05, 4.69) is 10.2 Å². The van der Waals surface area contributed by atoms with Gasteiger partial charge in [0.05, 0.1) is 27.9 Å². The van der Waals surface area contributed by atoms with Gasteiger partial charge in [0.25, 0.3) is 0 Å². The Labute approximate surface area is 217 Å². The summed E-state index contributed by atoms with van der Waals surface area (Å²) < 4.78 is 27.6. The average Bonchev–Trinajstić information content (AvgIpc) is 3.30. The lowest BCUT2D eigenvalue weighted by Crippen LogP contribution is -2.49. The number of carbonyl (C=O) groups is 1. The van der Waals surface area contributed by atoms with Gasteiger partial charge in [-0.25, -0.2) is 4.79 Å². The summed E-state index contributed by atoms with van der Waals surface area (Å²) in [5, 5.41) is 4.01. The molecular formula is C26H33N3O6S. The van der Waals surface area contributed by atoms with Crippen molar-refractivity contribution in [3.63, 3.8) is 0 Å². The van der Waals surface area contributed by atoms with Crippen LogP contribution in [0.4, 0.5) is 4.79 Å². The van der Waals surface area contributed by atoms with Crippen molar-refractivity contribution in [1.29, 1.82) is 0 Å². The minimum Gasteiger partial charge on any atom is -0.493 e. The second-order valence-corrected chi connectivity index (χ2v) is 9.08. The first-order valence-corrected chi connectivity index (χ1v) is 12.4. The van der Waals surface area contributed by atoms with Crippen LogP contribution >= 0.6 is 12.2 Å². The van der Waals surface area contributed by atoms with Gasteiger partial charge in [-0.3, -0.25) is 0 Å². The molecule has 1 atom stereocenters. The van der Waals surface area contributed by atoms with Crippen molar-refractivity contribution in [2.75, 3.05) is 47.6 Å². The first kappa shape index (κ1) is 25.7. The number of likely N-dealkylation sites (tertiary alicyclic amines) is 1. The molecule has 0 saturated carbocycles. The van der Waals surface area contributed by atoms with Crippen molar-refractivity contribution in [2.24, 2.45) is 0 Å². The number of rotatable bonds is 9. The third kappa shape index (κ3) is 6.04. The summed E-state index contributed by atoms with van der Waals surface area (Å²) in [4.78, 5) is 16.5. The molecule has 2 heterocycles. The van der Waals surface area contributed by atoms with E-state index in [1.54, 1.807) is 21.3 Å². The lowest BCUT2D eigenvalue weighted by Gasteiger charge is -2.37. The van der Waals surface area contributed by atoms with E-state index in [0.29, 0.717) is 42.1 Å². The lowest BCUT2D eigenvalue weighted by molar-refractivity contribution is 0.0997. The highest BCUT2D eigenvalue weighted by molar-refractivity contribution is 7.80. The van der Waals surface area contributed by atoms with Crippen LogP contribution in [0.15, 0.2) is 42.5 Å². The van der Waals surface area contributed by atoms with E-state index in [1.165, 1.54) is 0 Å². The highest BCUT2D eigenvalue weighted by Crippen LogP contribution is 2.38. The monoisotopic (exact) mass is 515 g/mol. The number of nitrogens with zero attached hydrogens (tertiary/aromatic N) is 2. The Morgan fingerprint density at radius 2 is 1.72 bits per heavy atom. The van der Waals surface area contributed by atoms with E-state index in [4.69, 9.17) is 35.9 Å². The van der Waals surface area contributed by atoms with Crippen LogP contribution in [-0.4, -0.2) is 80.7 Å². The van der Waals surface area contributed by atoms with Gasteiger partial charge < -0.3 is 38.8 Å². The van der Waals surface area contributed by atoms with E-state index in [1.807, 2.05) is 47.4 Å². The summed E-state index contributed by atoms with van der Waals surface area (Å²) in [6, 6.07) is 13.5. The predicted molar refractivity (Wildman–Crippen MR) is 139 cm³/mol. The number of benzene rings is 2. The van der Waals surface area contributed by atoms with Crippen molar-refractivity contribution in [3.05, 3.63) is 48.0 Å². The zero-order valence-corrected chi connectivity index (χ0v) is 21.7. The third-order valence-corrected chi connectivity index (χ3v) is 6.84. The molecule has 10 heteroatoms. The summed E-state index contributed by atoms with van der Waals surface area (Å²) in [6.45, 7) is 2.94. The molecule has 2 aliphatic heterocycles. The van der Waals surface area contributed by atoms with Gasteiger partial charge in [0.2, 0.25) is 5.75 Å². The molecule has 9 nitrogen and oxygen atoms in total. The second-order valence-electron chi connectivity index (χ2n) is 8.69. The fourth-order valence-electron chi connectivity index (χ4n) is 4.54. The maximum atomic E-state index is 12.5. The van der Waals surface area contributed by atoms with Crippen LogP contribution in [0.3, 0.4) is 0 Å². The number of methoxy groups -OCH3 is 3. The van der Waals surface area contributed by atoms with Crippen LogP contribution in [0.2, 0.25) is 0 Å². The van der Waals surface area contributed by atoms with Gasteiger partial charge in [-0.2, -0.15) is 0 Å². The topological polar surface area (TPSA) is 81.7 Å². The molecule has 1 unspecified atom stereocenters. The smallest absolute Gasteiger partial charge is 0.410 e. The molecule has 2 saturated heterocycles. The normalized spacial score (nSPS) is 18.0. The zero-order chi connectivity index (χ0) is 25.5. The SMILES string of the molecule is COc1cc(CNC(=S)N2CCC(N3CC(COc4ccccc4)OC3=O)CC2)cc(OC)c1OC. The van der Waals surface area contributed by atoms with Gasteiger partial charge in [-0.15, -0.1) is 0 Å². The van der Waals surface area contributed by atoms with Gasteiger partial charge in [0.1, 0.15) is 12.4 Å². The summed E-state index contributed by atoms with van der Waals surface area (Å²) >= 11 is 5.65. The standard InChI is InChI=1S/C26H33N3O6S/c1-31-22-13-18(14-23(32-2)24(22)33-3)15-27-25(36)28-11-9-19(10-12-28)29-16-21(35-26(29)30)17-34-20-7-5-4-6-8-20/h4-8,13-14,19,21H,9-12,15-17H2,1-3H3,(H,27,36). The molecule has 4 rings (SSSR count). The number of amides is 1. The fraction of sp³-hybridized carbons (Fsp3) is 0.462. The van der Waals surface area contributed by atoms with Crippen LogP contribution in [0.5, 0.6) is 23.0 Å². The van der Waals surface area contributed by atoms with Crippen molar-refractivity contribution < 1.29 is 28.5 Å². The molecule has 2 aromatic rings. The number of thiocarbonyl (C=S) groups is 1. The molecule has 36 heavy (non-hydrogen) atoms. The van der Waals surface area contributed by atoms with Gasteiger partial charge in [-0.1, -0.05) is 18.2 Å². The predicted octanol–water partition coefficient (Wildman–Crippen LogP) is 3.45. The van der Waals surface area contributed by atoms with Crippen LogP contribution in [-0.2, 0) is 11.3 Å². The minimum atomic E-state index is -0.267. The maximum absolute atomic E-state index is 12.5. The number of para-hydroxylation sites is 1. The van der Waals surface area contributed by atoms with Crippen molar-refractivity contribution in [1.82, 2.24) is 15.1 Å². The molecule has 0 radical (unpaired) electrons. The average molecular weight is 516 g/mol. The van der Waals surface area contributed by atoms with Crippen molar-refractivity contribution in [2.45, 2.75) is 31.5 Å². The van der Waals surface area contributed by atoms with Gasteiger partial charge >= 0.3 is 6.09 Å². The molecule has 2 aromatic carbocycles. The van der Waals surface area contributed by atoms with Crippen LogP contribution in [0.25, 0.3) is 0 Å². The molecule has 1 N–H and O–H groups in total. The van der Waals surface area contributed by atoms with Crippen molar-refractivity contribution >= 4 is 23.4 Å². The Kier molecular flexibility index (Phi) is 8.58. The number of carbonyl (C=O) groups excluding carboxylic acids is 1. The number of ether oxygens (including phenoxy) is 5. The highest BCUT2D eigenvalue weighted by Gasteiger charge is 2.38. The summed E-state index contributed by atoms with van der Waals surface area (Å²) in [6.07, 6.45) is 1.12. The first-order valence-electron chi connectivity index (χ1n) is 12.0. The molecule has 2 fully saturated rings. The highest BCUT2D eigenvalue weighted by atomic mass is 32.1. The van der Waals surface area contributed by atoms with Crippen LogP contribution in [0.1, 0.15) is 18.4 Å². The van der Waals surface area contributed by atoms with E-state index in [0.717, 1.165) is 37.2 Å². The number of piperidine rings is 1. The summed E-state index contributed by atoms with van der Waals surface area (Å²) in [5.41, 5.74) is 0.963. The third-order valence-electron chi connectivity index (χ3n) is 6.44. The Morgan fingerprint density at radius 1 is 1.06 bits per heavy atom. The molecule has 0 aliphatic carbocycles. The maximum Gasteiger partial charge on any atom is 0.410 e. The first-order chi connectivity index (χ1) is 17.5. The lowest BCUT2D eigenvalue weighted by atomic mass is 10.0. The molecule has 194 valence electrons. The largest absolute Gasteiger partial charge is 0.493 e. The fourth-order valence-corrected chi connectivity index (χ4v) is 4.79. The number of nitrogens with one attached hydrogen (secondary N) is 1. The van der Waals surface area contributed by atoms with E-state index in [-0.39, 0.29) is 18.2 Å². The van der Waals surface area contributed by atoms with Gasteiger partial charge in [-0.05, 0) is 54.9 Å². The van der Waals surface area contributed by atoms with E-state index < -0.39 is 0 Å². The molecule has 0 spiro atoms. The second kappa shape index (κ2) is 12.0. The quantitative estimate of drug-likeness (QED) is 0.505. The molecule has 0 aromatic heterocycles. The minimum absolute atomic E-state index is 0.133. The Balaban J connectivity index is 1.24. The van der Waals surface area contributed by atoms with Crippen LogP contribution < -0.4 is 24.3 Å². The molecule has 1 amide bonds. The zero-order valence-electron chi connectivity index (χ0n) is 20.9. The van der Waals surface area contributed by atoms with E-state index >= 15 is 0 Å².